The number of alkyl halides is 1. The lowest BCUT2D eigenvalue weighted by Crippen LogP contribution is -1.98. The van der Waals surface area contributed by atoms with Crippen LogP contribution in [0, 0.1) is 0 Å². The highest BCUT2D eigenvalue weighted by Crippen LogP contribution is 1.99. The number of esters is 1. The highest BCUT2D eigenvalue weighted by molar-refractivity contribution is 9.09. The summed E-state index contributed by atoms with van der Waals surface area (Å²) in [7, 11) is 0. The largest absolute Gasteiger partial charge is 0.463 e. The molecular formula is C9H15BrO2. The number of hydrogen-bond acceptors (Lipinski definition) is 2. The van der Waals surface area contributed by atoms with E-state index >= 15 is 0 Å². The molecule has 0 heterocycles. The third-order valence-electron chi connectivity index (χ3n) is 1.29. The SMILES string of the molecule is CCOC(=O)C=CCCCCBr. The van der Waals surface area contributed by atoms with Gasteiger partial charge in [-0.3, -0.25) is 0 Å². The van der Waals surface area contributed by atoms with Crippen LogP contribution < -0.4 is 0 Å². The van der Waals surface area contributed by atoms with Crippen LogP contribution in [0.3, 0.4) is 0 Å². The van der Waals surface area contributed by atoms with Crippen molar-refractivity contribution in [2.75, 3.05) is 11.9 Å². The zero-order valence-corrected chi connectivity index (χ0v) is 8.97. The van der Waals surface area contributed by atoms with Crippen molar-refractivity contribution in [2.24, 2.45) is 0 Å². The number of rotatable bonds is 6. The minimum absolute atomic E-state index is 0.239. The fourth-order valence-electron chi connectivity index (χ4n) is 0.727. The fourth-order valence-corrected chi connectivity index (χ4v) is 1.12. The number of hydrogen-bond donors (Lipinski definition) is 0. The van der Waals surface area contributed by atoms with Gasteiger partial charge in [0.05, 0.1) is 6.61 Å². The van der Waals surface area contributed by atoms with Crippen LogP contribution >= 0.6 is 15.9 Å². The molecule has 0 unspecified atom stereocenters. The highest BCUT2D eigenvalue weighted by atomic mass is 79.9. The Labute approximate surface area is 82.1 Å². The van der Waals surface area contributed by atoms with Gasteiger partial charge in [0, 0.05) is 11.4 Å². The molecule has 12 heavy (non-hydrogen) atoms. The summed E-state index contributed by atoms with van der Waals surface area (Å²) in [6, 6.07) is 0. The molecule has 0 aromatic rings. The molecule has 0 saturated heterocycles. The predicted molar refractivity (Wildman–Crippen MR) is 53.4 cm³/mol. The second kappa shape index (κ2) is 8.78. The molecule has 0 atom stereocenters. The van der Waals surface area contributed by atoms with Crippen LogP contribution in [0.25, 0.3) is 0 Å². The van der Waals surface area contributed by atoms with Crippen LogP contribution in [0.5, 0.6) is 0 Å². The average molecular weight is 235 g/mol. The lowest BCUT2D eigenvalue weighted by molar-refractivity contribution is -0.137. The molecule has 0 spiro atoms. The van der Waals surface area contributed by atoms with E-state index in [0.717, 1.165) is 24.6 Å². The first-order valence-electron chi connectivity index (χ1n) is 4.20. The number of carbonyl (C=O) groups excluding carboxylic acids is 1. The van der Waals surface area contributed by atoms with E-state index in [4.69, 9.17) is 4.74 Å². The van der Waals surface area contributed by atoms with Crippen molar-refractivity contribution >= 4 is 21.9 Å². The van der Waals surface area contributed by atoms with Gasteiger partial charge in [-0.2, -0.15) is 0 Å². The fraction of sp³-hybridized carbons (Fsp3) is 0.667. The van der Waals surface area contributed by atoms with Crippen LogP contribution in [0.2, 0.25) is 0 Å². The summed E-state index contributed by atoms with van der Waals surface area (Å²) in [5.74, 6) is -0.239. The predicted octanol–water partition coefficient (Wildman–Crippen LogP) is 2.67. The van der Waals surface area contributed by atoms with Crippen molar-refractivity contribution in [1.82, 2.24) is 0 Å². The monoisotopic (exact) mass is 234 g/mol. The van der Waals surface area contributed by atoms with Crippen molar-refractivity contribution in [1.29, 1.82) is 0 Å². The Balaban J connectivity index is 3.29. The minimum atomic E-state index is -0.239. The molecule has 0 aliphatic rings. The second-order valence-corrected chi connectivity index (χ2v) is 3.13. The van der Waals surface area contributed by atoms with Crippen LogP contribution in [0.4, 0.5) is 0 Å². The van der Waals surface area contributed by atoms with Gasteiger partial charge >= 0.3 is 5.97 Å². The maximum absolute atomic E-state index is 10.8. The van der Waals surface area contributed by atoms with Gasteiger partial charge in [0.1, 0.15) is 0 Å². The van der Waals surface area contributed by atoms with E-state index in [1.54, 1.807) is 6.92 Å². The normalized spacial score (nSPS) is 10.5. The third-order valence-corrected chi connectivity index (χ3v) is 1.86. The Morgan fingerprint density at radius 2 is 2.25 bits per heavy atom. The summed E-state index contributed by atoms with van der Waals surface area (Å²) < 4.78 is 4.71. The topological polar surface area (TPSA) is 26.3 Å². The Morgan fingerprint density at radius 1 is 1.50 bits per heavy atom. The van der Waals surface area contributed by atoms with Crippen LogP contribution in [0.1, 0.15) is 26.2 Å². The van der Waals surface area contributed by atoms with E-state index in [-0.39, 0.29) is 5.97 Å². The van der Waals surface area contributed by atoms with E-state index in [0.29, 0.717) is 6.61 Å². The van der Waals surface area contributed by atoms with Crippen molar-refractivity contribution in [3.63, 3.8) is 0 Å². The summed E-state index contributed by atoms with van der Waals surface area (Å²) in [4.78, 5) is 10.8. The molecule has 0 amide bonds. The Hall–Kier alpha value is -0.310. The van der Waals surface area contributed by atoms with Gasteiger partial charge in [0.2, 0.25) is 0 Å². The van der Waals surface area contributed by atoms with Gasteiger partial charge in [-0.05, 0) is 26.2 Å². The van der Waals surface area contributed by atoms with Crippen molar-refractivity contribution in [2.45, 2.75) is 26.2 Å². The van der Waals surface area contributed by atoms with E-state index < -0.39 is 0 Å². The first-order valence-corrected chi connectivity index (χ1v) is 5.32. The number of allylic oxidation sites excluding steroid dienone is 1. The van der Waals surface area contributed by atoms with E-state index in [9.17, 15) is 4.79 Å². The number of halogens is 1. The van der Waals surface area contributed by atoms with Crippen molar-refractivity contribution < 1.29 is 9.53 Å². The Kier molecular flexibility index (Phi) is 8.56. The van der Waals surface area contributed by atoms with E-state index in [2.05, 4.69) is 15.9 Å². The molecule has 0 fully saturated rings. The number of carbonyl (C=O) groups is 1. The van der Waals surface area contributed by atoms with E-state index in [1.165, 1.54) is 6.08 Å². The summed E-state index contributed by atoms with van der Waals surface area (Å²) in [5, 5.41) is 1.03. The standard InChI is InChI=1S/C9H15BrO2/c1-2-12-9(11)7-5-3-4-6-8-10/h5,7H,2-4,6,8H2,1H3. The van der Waals surface area contributed by atoms with Crippen molar-refractivity contribution in [3.05, 3.63) is 12.2 Å². The molecule has 0 bridgehead atoms. The summed E-state index contributed by atoms with van der Waals surface area (Å²) in [6.45, 7) is 2.25. The molecule has 0 radical (unpaired) electrons. The van der Waals surface area contributed by atoms with E-state index in [1.807, 2.05) is 6.08 Å². The average Bonchev–Trinajstić information content (AvgIpc) is 2.05. The van der Waals surface area contributed by atoms with Crippen LogP contribution in [-0.2, 0) is 9.53 Å². The van der Waals surface area contributed by atoms with Gasteiger partial charge in [0.15, 0.2) is 0 Å². The number of ether oxygens (including phenoxy) is 1. The van der Waals surface area contributed by atoms with Gasteiger partial charge in [-0.15, -0.1) is 0 Å². The molecule has 3 heteroatoms. The molecule has 70 valence electrons. The quantitative estimate of drug-likeness (QED) is 0.306. The minimum Gasteiger partial charge on any atom is -0.463 e. The first kappa shape index (κ1) is 11.7. The summed E-state index contributed by atoms with van der Waals surface area (Å²) in [6.07, 6.45) is 6.57. The number of unbranched alkanes of at least 4 members (excludes halogenated alkanes) is 2. The van der Waals surface area contributed by atoms with Crippen molar-refractivity contribution in [3.8, 4) is 0 Å². The molecule has 0 aromatic heterocycles. The molecule has 2 nitrogen and oxygen atoms in total. The molecular weight excluding hydrogens is 220 g/mol. The smallest absolute Gasteiger partial charge is 0.330 e. The van der Waals surface area contributed by atoms with Gasteiger partial charge in [0.25, 0.3) is 0 Å². The summed E-state index contributed by atoms with van der Waals surface area (Å²) in [5.41, 5.74) is 0. The molecule has 0 rings (SSSR count). The Bertz CT molecular complexity index is 143. The maximum atomic E-state index is 10.8. The second-order valence-electron chi connectivity index (χ2n) is 2.34. The van der Waals surface area contributed by atoms with Gasteiger partial charge < -0.3 is 4.74 Å². The highest BCUT2D eigenvalue weighted by Gasteiger charge is 1.91. The lowest BCUT2D eigenvalue weighted by atomic mass is 10.2. The first-order chi connectivity index (χ1) is 5.81. The molecule has 0 saturated carbocycles. The maximum Gasteiger partial charge on any atom is 0.330 e. The molecule has 0 aromatic carbocycles. The molecule has 0 aliphatic heterocycles. The Morgan fingerprint density at radius 3 is 2.83 bits per heavy atom. The molecule has 0 aliphatic carbocycles. The van der Waals surface area contributed by atoms with Crippen LogP contribution in [-0.4, -0.2) is 17.9 Å². The lowest BCUT2D eigenvalue weighted by Gasteiger charge is -1.94. The zero-order valence-electron chi connectivity index (χ0n) is 7.38. The summed E-state index contributed by atoms with van der Waals surface area (Å²) >= 11 is 3.34. The molecule has 0 N–H and O–H groups in total. The van der Waals surface area contributed by atoms with Crippen LogP contribution in [0.15, 0.2) is 12.2 Å². The zero-order chi connectivity index (χ0) is 9.23. The third kappa shape index (κ3) is 7.79. The van der Waals surface area contributed by atoms with Gasteiger partial charge in [-0.1, -0.05) is 22.0 Å². The van der Waals surface area contributed by atoms with Gasteiger partial charge in [-0.25, -0.2) is 4.79 Å².